The van der Waals surface area contributed by atoms with Gasteiger partial charge in [-0.05, 0) is 18.4 Å². The molecule has 4 nitrogen and oxygen atoms in total. The third kappa shape index (κ3) is 1.97. The van der Waals surface area contributed by atoms with E-state index >= 15 is 0 Å². The summed E-state index contributed by atoms with van der Waals surface area (Å²) in [6.45, 7) is 4.00. The molecule has 1 atom stereocenters. The van der Waals surface area contributed by atoms with Crippen LogP contribution >= 0.6 is 0 Å². The quantitative estimate of drug-likeness (QED) is 0.654. The van der Waals surface area contributed by atoms with Gasteiger partial charge in [0.05, 0.1) is 6.26 Å². The fraction of sp³-hybridized carbons (Fsp3) is 1.00. The molecule has 2 N–H and O–H groups in total. The number of hydrogen-bond acceptors (Lipinski definition) is 3. The molecule has 0 aromatic heterocycles. The molecule has 1 fully saturated rings. The Morgan fingerprint density at radius 3 is 2.42 bits per heavy atom. The van der Waals surface area contributed by atoms with E-state index in [2.05, 4.69) is 6.92 Å². The zero-order chi connectivity index (χ0) is 9.35. The highest BCUT2D eigenvalue weighted by Crippen LogP contribution is 2.24. The first kappa shape index (κ1) is 9.95. The van der Waals surface area contributed by atoms with Crippen molar-refractivity contribution in [1.82, 2.24) is 4.31 Å². The Bertz CT molecular complexity index is 244. The monoisotopic (exact) mass is 192 g/mol. The maximum Gasteiger partial charge on any atom is 0.211 e. The van der Waals surface area contributed by atoms with Crippen molar-refractivity contribution in [2.75, 3.05) is 25.9 Å². The van der Waals surface area contributed by atoms with Gasteiger partial charge in [0.25, 0.3) is 0 Å². The van der Waals surface area contributed by atoms with Gasteiger partial charge in [-0.25, -0.2) is 12.7 Å². The number of nitrogens with zero attached hydrogens (tertiary/aromatic N) is 1. The highest BCUT2D eigenvalue weighted by molar-refractivity contribution is 7.88. The number of hydrogen-bond donors (Lipinski definition) is 1. The lowest BCUT2D eigenvalue weighted by molar-refractivity contribution is 0.148. The highest BCUT2D eigenvalue weighted by Gasteiger charge is 2.35. The molecule has 0 aromatic carbocycles. The van der Waals surface area contributed by atoms with Gasteiger partial charge in [-0.3, -0.25) is 0 Å². The van der Waals surface area contributed by atoms with Gasteiger partial charge in [-0.2, -0.15) is 0 Å². The molecule has 0 spiro atoms. The summed E-state index contributed by atoms with van der Waals surface area (Å²) in [6.07, 6.45) is 1.25. The summed E-state index contributed by atoms with van der Waals surface area (Å²) in [5.41, 5.74) is 5.47. The molecule has 0 aromatic rings. The second-order valence-electron chi connectivity index (χ2n) is 3.55. The number of sulfonamides is 1. The molecule has 1 unspecified atom stereocenters. The minimum Gasteiger partial charge on any atom is -0.330 e. The van der Waals surface area contributed by atoms with E-state index in [0.29, 0.717) is 31.5 Å². The van der Waals surface area contributed by atoms with Crippen molar-refractivity contribution in [3.63, 3.8) is 0 Å². The summed E-state index contributed by atoms with van der Waals surface area (Å²) in [5, 5.41) is 0. The molecular weight excluding hydrogens is 176 g/mol. The third-order valence-electron chi connectivity index (χ3n) is 2.52. The van der Waals surface area contributed by atoms with Crippen LogP contribution in [0.1, 0.15) is 6.92 Å². The first-order chi connectivity index (χ1) is 5.45. The Morgan fingerprint density at radius 2 is 2.08 bits per heavy atom. The van der Waals surface area contributed by atoms with E-state index in [-0.39, 0.29) is 0 Å². The summed E-state index contributed by atoms with van der Waals surface area (Å²) < 4.78 is 23.4. The van der Waals surface area contributed by atoms with Gasteiger partial charge in [0.2, 0.25) is 10.0 Å². The SMILES string of the molecule is CC(CN)C1CN(S(C)(=O)=O)C1. The average Bonchev–Trinajstić information content (AvgIpc) is 1.80. The third-order valence-corrected chi connectivity index (χ3v) is 3.76. The molecule has 0 amide bonds. The van der Waals surface area contributed by atoms with E-state index in [9.17, 15) is 8.42 Å². The number of rotatable bonds is 3. The summed E-state index contributed by atoms with van der Waals surface area (Å²) >= 11 is 0. The van der Waals surface area contributed by atoms with Crippen LogP contribution in [0.4, 0.5) is 0 Å². The molecule has 1 aliphatic heterocycles. The lowest BCUT2D eigenvalue weighted by Crippen LogP contribution is -2.52. The summed E-state index contributed by atoms with van der Waals surface area (Å²) in [4.78, 5) is 0. The van der Waals surface area contributed by atoms with Crippen LogP contribution in [0.3, 0.4) is 0 Å². The standard InChI is InChI=1S/C7H16N2O2S/c1-6(3-8)7-4-9(5-7)12(2,10)11/h6-7H,3-5,8H2,1-2H3. The van der Waals surface area contributed by atoms with Crippen molar-refractivity contribution in [3.8, 4) is 0 Å². The lowest BCUT2D eigenvalue weighted by Gasteiger charge is -2.40. The van der Waals surface area contributed by atoms with Gasteiger partial charge in [-0.15, -0.1) is 0 Å². The first-order valence-corrected chi connectivity index (χ1v) is 5.95. The molecule has 1 saturated heterocycles. The smallest absolute Gasteiger partial charge is 0.211 e. The Hall–Kier alpha value is -0.130. The Balaban J connectivity index is 2.39. The van der Waals surface area contributed by atoms with Crippen LogP contribution in [0.2, 0.25) is 0 Å². The minimum atomic E-state index is -2.95. The first-order valence-electron chi connectivity index (χ1n) is 4.10. The second-order valence-corrected chi connectivity index (χ2v) is 5.54. The molecule has 0 saturated carbocycles. The van der Waals surface area contributed by atoms with Crippen LogP contribution in [-0.4, -0.2) is 38.6 Å². The van der Waals surface area contributed by atoms with E-state index in [0.717, 1.165) is 0 Å². The van der Waals surface area contributed by atoms with Crippen molar-refractivity contribution in [3.05, 3.63) is 0 Å². The molecule has 1 rings (SSSR count). The topological polar surface area (TPSA) is 63.4 Å². The van der Waals surface area contributed by atoms with Crippen LogP contribution in [0, 0.1) is 11.8 Å². The van der Waals surface area contributed by atoms with Crippen molar-refractivity contribution in [2.24, 2.45) is 17.6 Å². The van der Waals surface area contributed by atoms with Crippen molar-refractivity contribution in [2.45, 2.75) is 6.92 Å². The van der Waals surface area contributed by atoms with Gasteiger partial charge in [0.15, 0.2) is 0 Å². The molecule has 0 radical (unpaired) electrons. The second kappa shape index (κ2) is 3.32. The van der Waals surface area contributed by atoms with Gasteiger partial charge in [-0.1, -0.05) is 6.92 Å². The van der Waals surface area contributed by atoms with Crippen LogP contribution in [0.25, 0.3) is 0 Å². The minimum absolute atomic E-state index is 0.433. The van der Waals surface area contributed by atoms with Gasteiger partial charge >= 0.3 is 0 Å². The van der Waals surface area contributed by atoms with Crippen LogP contribution in [-0.2, 0) is 10.0 Å². The van der Waals surface area contributed by atoms with E-state index in [1.807, 2.05) is 0 Å². The molecule has 1 heterocycles. The Morgan fingerprint density at radius 1 is 1.58 bits per heavy atom. The Labute approximate surface area is 73.8 Å². The maximum absolute atomic E-state index is 11.0. The zero-order valence-corrected chi connectivity index (χ0v) is 8.34. The molecule has 5 heteroatoms. The van der Waals surface area contributed by atoms with E-state index in [1.54, 1.807) is 0 Å². The normalized spacial score (nSPS) is 23.6. The van der Waals surface area contributed by atoms with Crippen LogP contribution < -0.4 is 5.73 Å². The number of nitrogens with two attached hydrogens (primary N) is 1. The highest BCUT2D eigenvalue weighted by atomic mass is 32.2. The Kier molecular flexibility index (Phi) is 2.75. The van der Waals surface area contributed by atoms with E-state index < -0.39 is 10.0 Å². The molecule has 72 valence electrons. The maximum atomic E-state index is 11.0. The molecular formula is C7H16N2O2S. The lowest BCUT2D eigenvalue weighted by atomic mass is 9.89. The van der Waals surface area contributed by atoms with Gasteiger partial charge < -0.3 is 5.73 Å². The fourth-order valence-electron chi connectivity index (χ4n) is 1.29. The van der Waals surface area contributed by atoms with Gasteiger partial charge in [0, 0.05) is 13.1 Å². The zero-order valence-electron chi connectivity index (χ0n) is 7.53. The summed E-state index contributed by atoms with van der Waals surface area (Å²) in [7, 11) is -2.95. The van der Waals surface area contributed by atoms with Gasteiger partial charge in [0.1, 0.15) is 0 Å². The predicted molar refractivity (Wildman–Crippen MR) is 48.1 cm³/mol. The summed E-state index contributed by atoms with van der Waals surface area (Å²) in [5.74, 6) is 0.896. The van der Waals surface area contributed by atoms with E-state index in [4.69, 9.17) is 5.73 Å². The molecule has 1 aliphatic rings. The summed E-state index contributed by atoms with van der Waals surface area (Å²) in [6, 6.07) is 0. The van der Waals surface area contributed by atoms with Crippen LogP contribution in [0.15, 0.2) is 0 Å². The van der Waals surface area contributed by atoms with Crippen molar-refractivity contribution in [1.29, 1.82) is 0 Å². The van der Waals surface area contributed by atoms with E-state index in [1.165, 1.54) is 10.6 Å². The predicted octanol–water partition coefficient (Wildman–Crippen LogP) is -0.527. The van der Waals surface area contributed by atoms with Crippen LogP contribution in [0.5, 0.6) is 0 Å². The van der Waals surface area contributed by atoms with Crippen molar-refractivity contribution >= 4 is 10.0 Å². The average molecular weight is 192 g/mol. The van der Waals surface area contributed by atoms with Crippen molar-refractivity contribution < 1.29 is 8.42 Å². The largest absolute Gasteiger partial charge is 0.330 e. The fourth-order valence-corrected chi connectivity index (χ4v) is 2.22. The molecule has 12 heavy (non-hydrogen) atoms. The molecule has 0 bridgehead atoms. The molecule has 0 aliphatic carbocycles.